The van der Waals surface area contributed by atoms with E-state index in [9.17, 15) is 0 Å². The lowest BCUT2D eigenvalue weighted by molar-refractivity contribution is -0.670. The van der Waals surface area contributed by atoms with Crippen LogP contribution in [0.2, 0.25) is 5.02 Å². The average molecular weight is 329 g/mol. The van der Waals surface area contributed by atoms with Crippen LogP contribution in [-0.2, 0) is 7.05 Å². The predicted molar refractivity (Wildman–Crippen MR) is 76.7 cm³/mol. The monoisotopic (exact) mass is 327 g/mol. The molecular formula is C13H13BrClN2O+. The molecule has 2 aromatic rings. The first kappa shape index (κ1) is 13.2. The second-order valence-corrected chi connectivity index (χ2v) is 5.23. The van der Waals surface area contributed by atoms with Gasteiger partial charge in [0.25, 0.3) is 0 Å². The van der Waals surface area contributed by atoms with Gasteiger partial charge in [0.2, 0.25) is 0 Å². The van der Waals surface area contributed by atoms with Crippen molar-refractivity contribution in [2.45, 2.75) is 0 Å². The number of benzene rings is 1. The molecule has 1 aromatic carbocycles. The van der Waals surface area contributed by atoms with E-state index in [1.54, 1.807) is 13.2 Å². The first-order valence-corrected chi connectivity index (χ1v) is 6.48. The molecule has 0 amide bonds. The number of rotatable bonds is 2. The Morgan fingerprint density at radius 3 is 2.72 bits per heavy atom. The molecule has 18 heavy (non-hydrogen) atoms. The summed E-state index contributed by atoms with van der Waals surface area (Å²) in [4.78, 5) is 0. The molecule has 0 unspecified atom stereocenters. The first-order valence-electron chi connectivity index (χ1n) is 5.31. The van der Waals surface area contributed by atoms with Gasteiger partial charge in [-0.3, -0.25) is 0 Å². The second kappa shape index (κ2) is 5.16. The largest absolute Gasteiger partial charge is 0.496 e. The number of methoxy groups -OCH3 is 1. The summed E-state index contributed by atoms with van der Waals surface area (Å²) < 4.78 is 8.12. The highest BCUT2D eigenvalue weighted by Gasteiger charge is 2.16. The van der Waals surface area contributed by atoms with Crippen molar-refractivity contribution in [2.24, 2.45) is 7.05 Å². The number of anilines is 1. The van der Waals surface area contributed by atoms with E-state index >= 15 is 0 Å². The second-order valence-electron chi connectivity index (χ2n) is 3.94. The molecule has 0 aliphatic carbocycles. The molecule has 0 saturated carbocycles. The van der Waals surface area contributed by atoms with Crippen LogP contribution in [0.5, 0.6) is 5.75 Å². The fourth-order valence-electron chi connectivity index (χ4n) is 1.82. The average Bonchev–Trinajstić information content (AvgIpc) is 2.29. The van der Waals surface area contributed by atoms with Gasteiger partial charge >= 0.3 is 0 Å². The van der Waals surface area contributed by atoms with Gasteiger partial charge in [0.05, 0.1) is 7.11 Å². The Labute approximate surface area is 119 Å². The number of aromatic nitrogens is 1. The van der Waals surface area contributed by atoms with Crippen molar-refractivity contribution in [1.82, 2.24) is 0 Å². The van der Waals surface area contributed by atoms with Crippen molar-refractivity contribution < 1.29 is 9.30 Å². The van der Waals surface area contributed by atoms with Crippen molar-refractivity contribution in [3.63, 3.8) is 0 Å². The van der Waals surface area contributed by atoms with E-state index in [2.05, 4.69) is 15.9 Å². The number of nitrogen functional groups attached to an aromatic ring is 1. The van der Waals surface area contributed by atoms with Crippen LogP contribution in [0.4, 0.5) is 5.69 Å². The number of hydrogen-bond acceptors (Lipinski definition) is 2. The third kappa shape index (κ3) is 2.44. The maximum atomic E-state index is 6.05. The molecule has 2 N–H and O–H groups in total. The normalized spacial score (nSPS) is 10.4. The van der Waals surface area contributed by atoms with Crippen LogP contribution in [0.3, 0.4) is 0 Å². The minimum Gasteiger partial charge on any atom is -0.496 e. The van der Waals surface area contributed by atoms with Crippen molar-refractivity contribution in [3.8, 4) is 16.9 Å². The minimum atomic E-state index is 0.613. The first-order chi connectivity index (χ1) is 8.52. The SMILES string of the molecule is COc1cc(Cl)cc(Br)c1-c1cc[n+](C)cc1N. The van der Waals surface area contributed by atoms with Gasteiger partial charge in [-0.25, -0.2) is 4.57 Å². The molecule has 0 saturated heterocycles. The van der Waals surface area contributed by atoms with E-state index in [0.717, 1.165) is 15.6 Å². The van der Waals surface area contributed by atoms with Crippen LogP contribution in [0.15, 0.2) is 35.1 Å². The molecule has 0 aliphatic heterocycles. The molecule has 1 heterocycles. The fourth-order valence-corrected chi connectivity index (χ4v) is 2.82. The summed E-state index contributed by atoms with van der Waals surface area (Å²) in [5, 5.41) is 0.613. The Morgan fingerprint density at radius 2 is 2.11 bits per heavy atom. The van der Waals surface area contributed by atoms with E-state index in [1.165, 1.54) is 0 Å². The summed E-state index contributed by atoms with van der Waals surface area (Å²) in [6.07, 6.45) is 3.79. The number of hydrogen-bond donors (Lipinski definition) is 1. The number of pyridine rings is 1. The Balaban J connectivity index is 2.70. The van der Waals surface area contributed by atoms with Crippen LogP contribution >= 0.6 is 27.5 Å². The lowest BCUT2D eigenvalue weighted by Crippen LogP contribution is -2.27. The summed E-state index contributed by atoms with van der Waals surface area (Å²) >= 11 is 9.51. The quantitative estimate of drug-likeness (QED) is 0.860. The molecule has 2 rings (SSSR count). The molecular weight excluding hydrogens is 316 g/mol. The topological polar surface area (TPSA) is 39.1 Å². The van der Waals surface area contributed by atoms with Crippen LogP contribution in [0, 0.1) is 0 Å². The van der Waals surface area contributed by atoms with E-state index in [4.69, 9.17) is 22.1 Å². The van der Waals surface area contributed by atoms with E-state index in [-0.39, 0.29) is 0 Å². The van der Waals surface area contributed by atoms with E-state index in [0.29, 0.717) is 16.5 Å². The van der Waals surface area contributed by atoms with E-state index < -0.39 is 0 Å². The maximum absolute atomic E-state index is 6.05. The third-order valence-electron chi connectivity index (χ3n) is 2.64. The number of aryl methyl sites for hydroxylation is 1. The summed E-state index contributed by atoms with van der Waals surface area (Å²) in [6.45, 7) is 0. The van der Waals surface area contributed by atoms with Crippen LogP contribution in [-0.4, -0.2) is 7.11 Å². The zero-order valence-corrected chi connectivity index (χ0v) is 12.4. The van der Waals surface area contributed by atoms with Crippen LogP contribution in [0.25, 0.3) is 11.1 Å². The van der Waals surface area contributed by atoms with Crippen LogP contribution in [0.1, 0.15) is 0 Å². The summed E-state index contributed by atoms with van der Waals surface area (Å²) in [5.41, 5.74) is 8.55. The van der Waals surface area contributed by atoms with Crippen molar-refractivity contribution in [2.75, 3.05) is 12.8 Å². The standard InChI is InChI=1S/C13H13BrClN2O/c1-17-4-3-9(11(16)7-17)13-10(14)5-8(15)6-12(13)18-2/h3-7H,16H2,1-2H3/q+1. The molecule has 0 spiro atoms. The predicted octanol–water partition coefficient (Wildman–Crippen LogP) is 3.18. The Morgan fingerprint density at radius 1 is 1.39 bits per heavy atom. The molecule has 5 heteroatoms. The summed E-state index contributed by atoms with van der Waals surface area (Å²) in [6, 6.07) is 5.55. The zero-order chi connectivity index (χ0) is 13.3. The molecule has 3 nitrogen and oxygen atoms in total. The number of halogens is 2. The molecule has 0 bridgehead atoms. The molecule has 0 radical (unpaired) electrons. The highest BCUT2D eigenvalue weighted by molar-refractivity contribution is 9.10. The lowest BCUT2D eigenvalue weighted by Gasteiger charge is -2.12. The van der Waals surface area contributed by atoms with Gasteiger partial charge in [-0.2, -0.15) is 0 Å². The number of nitrogens with two attached hydrogens (primary N) is 1. The van der Waals surface area contributed by atoms with Gasteiger partial charge in [-0.1, -0.05) is 11.6 Å². The fraction of sp³-hybridized carbons (Fsp3) is 0.154. The van der Waals surface area contributed by atoms with Crippen molar-refractivity contribution >= 4 is 33.2 Å². The summed E-state index contributed by atoms with van der Waals surface area (Å²) in [7, 11) is 3.54. The Bertz CT molecular complexity index is 602. The van der Waals surface area contributed by atoms with Gasteiger partial charge in [-0.15, -0.1) is 0 Å². The minimum absolute atomic E-state index is 0.613. The molecule has 0 aliphatic rings. The third-order valence-corrected chi connectivity index (χ3v) is 3.48. The number of ether oxygens (including phenoxy) is 1. The maximum Gasteiger partial charge on any atom is 0.192 e. The summed E-state index contributed by atoms with van der Waals surface area (Å²) in [5.74, 6) is 0.690. The number of nitrogens with zero attached hydrogens (tertiary/aromatic N) is 1. The highest BCUT2D eigenvalue weighted by atomic mass is 79.9. The zero-order valence-electron chi connectivity index (χ0n) is 10.1. The van der Waals surface area contributed by atoms with Gasteiger partial charge in [0.15, 0.2) is 12.4 Å². The molecule has 0 fully saturated rings. The van der Waals surface area contributed by atoms with Crippen molar-refractivity contribution in [1.29, 1.82) is 0 Å². The van der Waals surface area contributed by atoms with E-state index in [1.807, 2.05) is 36.1 Å². The Hall–Kier alpha value is -1.26. The van der Waals surface area contributed by atoms with Crippen LogP contribution < -0.4 is 15.0 Å². The smallest absolute Gasteiger partial charge is 0.192 e. The molecule has 1 aromatic heterocycles. The molecule has 0 atom stereocenters. The van der Waals surface area contributed by atoms with Gasteiger partial charge in [0.1, 0.15) is 18.5 Å². The van der Waals surface area contributed by atoms with Crippen molar-refractivity contribution in [3.05, 3.63) is 40.1 Å². The molecule has 94 valence electrons. The van der Waals surface area contributed by atoms with Gasteiger partial charge < -0.3 is 10.5 Å². The lowest BCUT2D eigenvalue weighted by atomic mass is 10.0. The van der Waals surface area contributed by atoms with Gasteiger partial charge in [-0.05, 0) is 28.1 Å². The highest BCUT2D eigenvalue weighted by Crippen LogP contribution is 2.40. The van der Waals surface area contributed by atoms with Gasteiger partial charge in [0, 0.05) is 26.7 Å². The Kier molecular flexibility index (Phi) is 3.78.